The van der Waals surface area contributed by atoms with E-state index in [1.54, 1.807) is 24.3 Å². The van der Waals surface area contributed by atoms with Crippen LogP contribution in [-0.4, -0.2) is 5.78 Å². The third-order valence-electron chi connectivity index (χ3n) is 2.07. The number of rotatable bonds is 2. The molecule has 0 bridgehead atoms. The normalized spacial score (nSPS) is 9.93. The molecule has 0 heterocycles. The highest BCUT2D eigenvalue weighted by atomic mass is 19.1. The standard InChI is InChI=1S/C13H8FO/c14-12-9-5-4-8-11(12)13(15)10-6-2-1-3-7-10/h1-7,9H. The van der Waals surface area contributed by atoms with Crippen LogP contribution >= 0.6 is 0 Å². The molecule has 2 heteroatoms. The number of hydrogen-bond acceptors (Lipinski definition) is 1. The Labute approximate surface area is 87.2 Å². The van der Waals surface area contributed by atoms with Crippen molar-refractivity contribution in [1.82, 2.24) is 0 Å². The van der Waals surface area contributed by atoms with Crippen molar-refractivity contribution < 1.29 is 9.18 Å². The molecule has 2 aromatic rings. The minimum atomic E-state index is -0.536. The van der Waals surface area contributed by atoms with Gasteiger partial charge in [-0.05, 0) is 12.1 Å². The number of carbonyl (C=O) groups excluding carboxylic acids is 1. The van der Waals surface area contributed by atoms with Crippen LogP contribution in [0.1, 0.15) is 15.9 Å². The van der Waals surface area contributed by atoms with E-state index in [1.807, 2.05) is 6.07 Å². The zero-order valence-electron chi connectivity index (χ0n) is 7.91. The van der Waals surface area contributed by atoms with E-state index < -0.39 is 5.82 Å². The Kier molecular flexibility index (Phi) is 2.59. The molecule has 0 aliphatic carbocycles. The molecule has 0 fully saturated rings. The molecule has 1 nitrogen and oxygen atoms in total. The summed E-state index contributed by atoms with van der Waals surface area (Å²) in [7, 11) is 0. The summed E-state index contributed by atoms with van der Waals surface area (Å²) in [4.78, 5) is 11.8. The molecule has 0 N–H and O–H groups in total. The predicted molar refractivity (Wildman–Crippen MR) is 55.1 cm³/mol. The lowest BCUT2D eigenvalue weighted by Crippen LogP contribution is -2.03. The van der Waals surface area contributed by atoms with E-state index in [-0.39, 0.29) is 11.3 Å². The zero-order chi connectivity index (χ0) is 10.7. The third-order valence-corrected chi connectivity index (χ3v) is 2.07. The van der Waals surface area contributed by atoms with Gasteiger partial charge in [0.1, 0.15) is 5.82 Å². The molecule has 15 heavy (non-hydrogen) atoms. The molecule has 0 amide bonds. The van der Waals surface area contributed by atoms with Gasteiger partial charge in [0.25, 0.3) is 0 Å². The van der Waals surface area contributed by atoms with Gasteiger partial charge in [-0.15, -0.1) is 0 Å². The summed E-state index contributed by atoms with van der Waals surface area (Å²) >= 11 is 0. The zero-order valence-corrected chi connectivity index (χ0v) is 7.91. The average molecular weight is 199 g/mol. The first kappa shape index (κ1) is 9.59. The van der Waals surface area contributed by atoms with Crippen molar-refractivity contribution in [3.63, 3.8) is 0 Å². The van der Waals surface area contributed by atoms with Gasteiger partial charge in [-0.3, -0.25) is 4.79 Å². The van der Waals surface area contributed by atoms with E-state index in [4.69, 9.17) is 0 Å². The van der Waals surface area contributed by atoms with Crippen LogP contribution in [0.25, 0.3) is 0 Å². The van der Waals surface area contributed by atoms with Gasteiger partial charge in [-0.2, -0.15) is 0 Å². The van der Waals surface area contributed by atoms with Gasteiger partial charge >= 0.3 is 0 Å². The summed E-state index contributed by atoms with van der Waals surface area (Å²) in [6, 6.07) is 15.5. The highest BCUT2D eigenvalue weighted by Crippen LogP contribution is 2.12. The molecule has 2 aromatic carbocycles. The van der Waals surface area contributed by atoms with E-state index in [0.29, 0.717) is 5.56 Å². The van der Waals surface area contributed by atoms with Crippen LogP contribution in [0.2, 0.25) is 0 Å². The first-order chi connectivity index (χ1) is 7.29. The van der Waals surface area contributed by atoms with Gasteiger partial charge in [-0.1, -0.05) is 42.5 Å². The highest BCUT2D eigenvalue weighted by molar-refractivity contribution is 6.08. The van der Waals surface area contributed by atoms with E-state index in [1.165, 1.54) is 18.2 Å². The Hall–Kier alpha value is -1.96. The summed E-state index contributed by atoms with van der Waals surface area (Å²) in [5.74, 6) is -0.875. The fourth-order valence-corrected chi connectivity index (χ4v) is 1.32. The van der Waals surface area contributed by atoms with Crippen LogP contribution in [0, 0.1) is 11.9 Å². The summed E-state index contributed by atoms with van der Waals surface area (Å²) < 4.78 is 13.3. The molecule has 0 spiro atoms. The van der Waals surface area contributed by atoms with Gasteiger partial charge in [-0.25, -0.2) is 4.39 Å². The Morgan fingerprint density at radius 1 is 1.07 bits per heavy atom. The van der Waals surface area contributed by atoms with Crippen LogP contribution < -0.4 is 0 Å². The second kappa shape index (κ2) is 4.05. The van der Waals surface area contributed by atoms with Crippen molar-refractivity contribution >= 4 is 5.78 Å². The SMILES string of the molecule is O=C(c1ccccc1)c1[c]cccc1F. The highest BCUT2D eigenvalue weighted by Gasteiger charge is 2.12. The van der Waals surface area contributed by atoms with Crippen LogP contribution in [0.4, 0.5) is 4.39 Å². The fraction of sp³-hybridized carbons (Fsp3) is 0. The molecular formula is C13H8FO. The van der Waals surface area contributed by atoms with Crippen molar-refractivity contribution in [3.8, 4) is 0 Å². The fourth-order valence-electron chi connectivity index (χ4n) is 1.32. The van der Waals surface area contributed by atoms with Gasteiger partial charge in [0.05, 0.1) is 5.56 Å². The number of benzene rings is 2. The van der Waals surface area contributed by atoms with E-state index in [2.05, 4.69) is 6.07 Å². The summed E-state index contributed by atoms with van der Waals surface area (Å²) in [6.45, 7) is 0. The lowest BCUT2D eigenvalue weighted by Gasteiger charge is -2.01. The Morgan fingerprint density at radius 3 is 2.47 bits per heavy atom. The first-order valence-corrected chi connectivity index (χ1v) is 4.55. The van der Waals surface area contributed by atoms with E-state index in [0.717, 1.165) is 0 Å². The van der Waals surface area contributed by atoms with Crippen molar-refractivity contribution in [3.05, 3.63) is 71.5 Å². The van der Waals surface area contributed by atoms with E-state index >= 15 is 0 Å². The number of ketones is 1. The maximum absolute atomic E-state index is 13.3. The third kappa shape index (κ3) is 1.94. The summed E-state index contributed by atoms with van der Waals surface area (Å²) in [6.07, 6.45) is 0. The van der Waals surface area contributed by atoms with E-state index in [9.17, 15) is 9.18 Å². The number of halogens is 1. The van der Waals surface area contributed by atoms with Gasteiger partial charge in [0, 0.05) is 5.56 Å². The first-order valence-electron chi connectivity index (χ1n) is 4.55. The van der Waals surface area contributed by atoms with Crippen molar-refractivity contribution in [1.29, 1.82) is 0 Å². The molecule has 0 aliphatic rings. The molecule has 0 atom stereocenters. The minimum absolute atomic E-state index is 0.0105. The Balaban J connectivity index is 2.42. The molecule has 0 saturated heterocycles. The largest absolute Gasteiger partial charge is 0.288 e. The summed E-state index contributed by atoms with van der Waals surface area (Å²) in [5.41, 5.74) is 0.461. The molecule has 0 aliphatic heterocycles. The van der Waals surface area contributed by atoms with Crippen molar-refractivity contribution in [2.75, 3.05) is 0 Å². The van der Waals surface area contributed by atoms with Gasteiger partial charge in [0.2, 0.25) is 0 Å². The van der Waals surface area contributed by atoms with Crippen LogP contribution in [0.15, 0.2) is 48.5 Å². The number of carbonyl (C=O) groups is 1. The van der Waals surface area contributed by atoms with Crippen molar-refractivity contribution in [2.45, 2.75) is 0 Å². The van der Waals surface area contributed by atoms with Crippen LogP contribution in [-0.2, 0) is 0 Å². The summed E-state index contributed by atoms with van der Waals surface area (Å²) in [5, 5.41) is 0. The number of hydrogen-bond donors (Lipinski definition) is 0. The quantitative estimate of drug-likeness (QED) is 0.680. The molecule has 1 radical (unpaired) electrons. The molecular weight excluding hydrogens is 191 g/mol. The Bertz CT molecular complexity index is 477. The van der Waals surface area contributed by atoms with Gasteiger partial charge < -0.3 is 0 Å². The maximum atomic E-state index is 13.3. The second-order valence-corrected chi connectivity index (χ2v) is 3.09. The molecule has 0 unspecified atom stereocenters. The Morgan fingerprint density at radius 2 is 1.80 bits per heavy atom. The van der Waals surface area contributed by atoms with Gasteiger partial charge in [0.15, 0.2) is 5.78 Å². The average Bonchev–Trinajstić information content (AvgIpc) is 2.30. The maximum Gasteiger partial charge on any atom is 0.196 e. The lowest BCUT2D eigenvalue weighted by molar-refractivity contribution is 0.103. The molecule has 0 aromatic heterocycles. The second-order valence-electron chi connectivity index (χ2n) is 3.09. The monoisotopic (exact) mass is 199 g/mol. The smallest absolute Gasteiger partial charge is 0.196 e. The van der Waals surface area contributed by atoms with Crippen molar-refractivity contribution in [2.24, 2.45) is 0 Å². The minimum Gasteiger partial charge on any atom is -0.288 e. The molecule has 2 rings (SSSR count). The van der Waals surface area contributed by atoms with Crippen LogP contribution in [0.5, 0.6) is 0 Å². The van der Waals surface area contributed by atoms with Crippen LogP contribution in [0.3, 0.4) is 0 Å². The molecule has 0 saturated carbocycles. The topological polar surface area (TPSA) is 17.1 Å². The molecule has 73 valence electrons. The lowest BCUT2D eigenvalue weighted by atomic mass is 10.0. The predicted octanol–water partition coefficient (Wildman–Crippen LogP) is 2.86.